The molecule has 1 rings (SSSR count). The summed E-state index contributed by atoms with van der Waals surface area (Å²) in [6.45, 7) is 5.79. The lowest BCUT2D eigenvalue weighted by Gasteiger charge is -2.32. The number of carbonyl (C=O) groups is 2. The van der Waals surface area contributed by atoms with Crippen molar-refractivity contribution in [1.82, 2.24) is 5.32 Å². The summed E-state index contributed by atoms with van der Waals surface area (Å²) in [5.41, 5.74) is 5.01. The molecule has 0 spiro atoms. The van der Waals surface area contributed by atoms with Crippen LogP contribution in [0.25, 0.3) is 0 Å². The Morgan fingerprint density at radius 1 is 1.41 bits per heavy atom. The average molecular weight is 314 g/mol. The van der Waals surface area contributed by atoms with E-state index in [9.17, 15) is 19.8 Å². The standard InChI is InChI=1S/C16H30N2O4/c1-4-5-6-7-16(15(21)22)8-12(17)13(14(16)20)10(2)9-18-11(3)19/h10,12-14,20H,4-9,17H2,1-3H3,(H,18,19)(H,21,22)/t10-,12+,13+,14-,16-/m0/s1. The predicted octanol–water partition coefficient (Wildman–Crippen LogP) is 1.12. The number of aliphatic hydroxyl groups is 1. The molecule has 1 aliphatic rings. The zero-order chi connectivity index (χ0) is 16.9. The number of hydrogen-bond acceptors (Lipinski definition) is 4. The highest BCUT2D eigenvalue weighted by molar-refractivity contribution is 5.76. The molecule has 1 amide bonds. The Labute approximate surface area is 132 Å². The van der Waals surface area contributed by atoms with Crippen LogP contribution in [0.4, 0.5) is 0 Å². The van der Waals surface area contributed by atoms with E-state index in [4.69, 9.17) is 5.73 Å². The lowest BCUT2D eigenvalue weighted by molar-refractivity contribution is -0.157. The highest BCUT2D eigenvalue weighted by Gasteiger charge is 2.57. The third-order valence-corrected chi connectivity index (χ3v) is 5.01. The molecule has 0 heterocycles. The van der Waals surface area contributed by atoms with Gasteiger partial charge in [0.2, 0.25) is 5.91 Å². The minimum atomic E-state index is -1.15. The molecule has 5 atom stereocenters. The first-order valence-corrected chi connectivity index (χ1v) is 8.17. The predicted molar refractivity (Wildman–Crippen MR) is 84.1 cm³/mol. The summed E-state index contributed by atoms with van der Waals surface area (Å²) in [4.78, 5) is 22.9. The summed E-state index contributed by atoms with van der Waals surface area (Å²) >= 11 is 0. The van der Waals surface area contributed by atoms with E-state index in [1.165, 1.54) is 6.92 Å². The Hall–Kier alpha value is -1.14. The SMILES string of the molecule is CCCCC[C@]1(C(=O)O)C[C@@H](N)[C@@H]([C@@H](C)CNC(C)=O)[C@@H]1O. The van der Waals surface area contributed by atoms with Crippen molar-refractivity contribution in [2.24, 2.45) is 23.0 Å². The molecule has 0 unspecified atom stereocenters. The van der Waals surface area contributed by atoms with Crippen LogP contribution in [0.3, 0.4) is 0 Å². The number of unbranched alkanes of at least 4 members (excludes halogenated alkanes) is 2. The second-order valence-corrected chi connectivity index (χ2v) is 6.72. The van der Waals surface area contributed by atoms with Crippen molar-refractivity contribution >= 4 is 11.9 Å². The van der Waals surface area contributed by atoms with Gasteiger partial charge in [0.05, 0.1) is 11.5 Å². The summed E-state index contributed by atoms with van der Waals surface area (Å²) in [5, 5.41) is 23.1. The van der Waals surface area contributed by atoms with Gasteiger partial charge in [-0.15, -0.1) is 0 Å². The van der Waals surface area contributed by atoms with Crippen LogP contribution >= 0.6 is 0 Å². The normalized spacial score (nSPS) is 32.7. The van der Waals surface area contributed by atoms with Crippen LogP contribution in [-0.4, -0.2) is 40.8 Å². The molecule has 0 saturated heterocycles. The van der Waals surface area contributed by atoms with Crippen molar-refractivity contribution in [2.75, 3.05) is 6.54 Å². The van der Waals surface area contributed by atoms with Crippen molar-refractivity contribution in [3.05, 3.63) is 0 Å². The van der Waals surface area contributed by atoms with Crippen molar-refractivity contribution < 1.29 is 19.8 Å². The monoisotopic (exact) mass is 314 g/mol. The zero-order valence-electron chi connectivity index (χ0n) is 13.8. The van der Waals surface area contributed by atoms with Crippen LogP contribution < -0.4 is 11.1 Å². The second kappa shape index (κ2) is 7.92. The topological polar surface area (TPSA) is 113 Å². The molecule has 6 nitrogen and oxygen atoms in total. The van der Waals surface area contributed by atoms with E-state index in [2.05, 4.69) is 12.2 Å². The maximum Gasteiger partial charge on any atom is 0.312 e. The van der Waals surface area contributed by atoms with Gasteiger partial charge in [0.1, 0.15) is 0 Å². The molecule has 0 radical (unpaired) electrons. The second-order valence-electron chi connectivity index (χ2n) is 6.72. The number of nitrogens with two attached hydrogens (primary N) is 1. The Morgan fingerprint density at radius 2 is 2.05 bits per heavy atom. The van der Waals surface area contributed by atoms with E-state index >= 15 is 0 Å². The van der Waals surface area contributed by atoms with Gasteiger partial charge in [-0.2, -0.15) is 0 Å². The van der Waals surface area contributed by atoms with Gasteiger partial charge in [-0.05, 0) is 18.8 Å². The van der Waals surface area contributed by atoms with Crippen LogP contribution in [0.15, 0.2) is 0 Å². The summed E-state index contributed by atoms with van der Waals surface area (Å²) in [5.74, 6) is -1.48. The van der Waals surface area contributed by atoms with Crippen molar-refractivity contribution in [2.45, 2.75) is 65.0 Å². The Morgan fingerprint density at radius 3 is 2.55 bits per heavy atom. The average Bonchev–Trinajstić information content (AvgIpc) is 2.69. The molecule has 6 heteroatoms. The van der Waals surface area contributed by atoms with Gasteiger partial charge in [-0.3, -0.25) is 9.59 Å². The molecule has 128 valence electrons. The van der Waals surface area contributed by atoms with E-state index in [1.807, 2.05) is 6.92 Å². The van der Waals surface area contributed by atoms with E-state index in [0.717, 1.165) is 19.3 Å². The van der Waals surface area contributed by atoms with Crippen LogP contribution in [0.2, 0.25) is 0 Å². The zero-order valence-corrected chi connectivity index (χ0v) is 13.8. The number of nitrogens with one attached hydrogen (secondary N) is 1. The number of hydrogen-bond donors (Lipinski definition) is 4. The smallest absolute Gasteiger partial charge is 0.312 e. The fraction of sp³-hybridized carbons (Fsp3) is 0.875. The third-order valence-electron chi connectivity index (χ3n) is 5.01. The number of amides is 1. The van der Waals surface area contributed by atoms with Crippen LogP contribution in [-0.2, 0) is 9.59 Å². The molecule has 22 heavy (non-hydrogen) atoms. The number of aliphatic carboxylic acids is 1. The minimum absolute atomic E-state index is 0.0682. The first-order valence-electron chi connectivity index (χ1n) is 8.17. The van der Waals surface area contributed by atoms with E-state index in [1.54, 1.807) is 0 Å². The lowest BCUT2D eigenvalue weighted by atomic mass is 9.76. The molecule has 0 bridgehead atoms. The number of carbonyl (C=O) groups excluding carboxylic acids is 1. The fourth-order valence-corrected chi connectivity index (χ4v) is 3.72. The fourth-order valence-electron chi connectivity index (χ4n) is 3.72. The summed E-state index contributed by atoms with van der Waals surface area (Å²) in [6.07, 6.45) is 2.50. The maximum absolute atomic E-state index is 11.8. The third kappa shape index (κ3) is 3.98. The maximum atomic E-state index is 11.8. The molecule has 1 saturated carbocycles. The van der Waals surface area contributed by atoms with E-state index < -0.39 is 17.5 Å². The van der Waals surface area contributed by atoms with Gasteiger partial charge in [-0.1, -0.05) is 33.1 Å². The van der Waals surface area contributed by atoms with Gasteiger partial charge < -0.3 is 21.3 Å². The van der Waals surface area contributed by atoms with Crippen LogP contribution in [0.5, 0.6) is 0 Å². The van der Waals surface area contributed by atoms with Gasteiger partial charge in [0.15, 0.2) is 0 Å². The van der Waals surface area contributed by atoms with Crippen molar-refractivity contribution in [1.29, 1.82) is 0 Å². The molecular weight excluding hydrogens is 284 g/mol. The first-order chi connectivity index (χ1) is 10.3. The Bertz CT molecular complexity index is 402. The Kier molecular flexibility index (Phi) is 6.81. The molecule has 0 aliphatic heterocycles. The summed E-state index contributed by atoms with van der Waals surface area (Å²) in [7, 11) is 0. The van der Waals surface area contributed by atoms with Crippen LogP contribution in [0, 0.1) is 17.3 Å². The first kappa shape index (κ1) is 18.9. The number of carboxylic acid groups (broad SMARTS) is 1. The largest absolute Gasteiger partial charge is 0.481 e. The van der Waals surface area contributed by atoms with Crippen LogP contribution in [0.1, 0.15) is 52.9 Å². The van der Waals surface area contributed by atoms with Gasteiger partial charge in [0, 0.05) is 25.4 Å². The summed E-state index contributed by atoms with van der Waals surface area (Å²) < 4.78 is 0. The molecule has 5 N–H and O–H groups in total. The highest BCUT2D eigenvalue weighted by Crippen LogP contribution is 2.47. The molecular formula is C16H30N2O4. The minimum Gasteiger partial charge on any atom is -0.481 e. The molecule has 0 aromatic rings. The molecule has 1 aliphatic carbocycles. The highest BCUT2D eigenvalue weighted by atomic mass is 16.4. The lowest BCUT2D eigenvalue weighted by Crippen LogP contribution is -2.44. The summed E-state index contributed by atoms with van der Waals surface area (Å²) in [6, 6.07) is -0.364. The number of carboxylic acids is 1. The van der Waals surface area contributed by atoms with Crippen molar-refractivity contribution in [3.63, 3.8) is 0 Å². The molecule has 0 aromatic heterocycles. The molecule has 0 aromatic carbocycles. The van der Waals surface area contributed by atoms with E-state index in [-0.39, 0.29) is 23.8 Å². The molecule has 1 fully saturated rings. The quantitative estimate of drug-likeness (QED) is 0.501. The van der Waals surface area contributed by atoms with Gasteiger partial charge in [0.25, 0.3) is 0 Å². The van der Waals surface area contributed by atoms with E-state index in [0.29, 0.717) is 19.4 Å². The Balaban J connectivity index is 2.85. The number of rotatable bonds is 8. The van der Waals surface area contributed by atoms with Gasteiger partial charge >= 0.3 is 5.97 Å². The number of aliphatic hydroxyl groups excluding tert-OH is 1. The van der Waals surface area contributed by atoms with Gasteiger partial charge in [-0.25, -0.2) is 0 Å². The van der Waals surface area contributed by atoms with Crippen molar-refractivity contribution in [3.8, 4) is 0 Å².